The van der Waals surface area contributed by atoms with E-state index >= 15 is 0 Å². The summed E-state index contributed by atoms with van der Waals surface area (Å²) in [5.41, 5.74) is 0.114. The van der Waals surface area contributed by atoms with Crippen molar-refractivity contribution in [1.82, 2.24) is 9.21 Å². The monoisotopic (exact) mass is 452 g/mol. The van der Waals surface area contributed by atoms with Gasteiger partial charge in [-0.15, -0.1) is 0 Å². The summed E-state index contributed by atoms with van der Waals surface area (Å²) in [6, 6.07) is 4.83. The molecular weight excluding hydrogens is 432 g/mol. The van der Waals surface area contributed by atoms with Crippen molar-refractivity contribution in [3.05, 3.63) is 33.3 Å². The van der Waals surface area contributed by atoms with E-state index in [2.05, 4.69) is 15.9 Å². The lowest BCUT2D eigenvalue weighted by Gasteiger charge is -2.41. The molecule has 140 valence electrons. The van der Waals surface area contributed by atoms with Gasteiger partial charge < -0.3 is 4.74 Å². The molecule has 0 saturated carbocycles. The molecule has 0 radical (unpaired) electrons. The molecule has 1 aromatic carbocycles. The molecule has 25 heavy (non-hydrogen) atoms. The smallest absolute Gasteiger partial charge is 0.410 e. The van der Waals surface area contributed by atoms with Gasteiger partial charge in [0.15, 0.2) is 0 Å². The number of hydrogen-bond acceptors (Lipinski definition) is 4. The van der Waals surface area contributed by atoms with E-state index in [1.165, 1.54) is 10.6 Å². The van der Waals surface area contributed by atoms with Gasteiger partial charge in [0, 0.05) is 29.1 Å². The number of sulfonamides is 1. The molecule has 1 atom stereocenters. The average Bonchev–Trinajstić information content (AvgIpc) is 2.42. The number of halogens is 2. The zero-order chi connectivity index (χ0) is 19.0. The van der Waals surface area contributed by atoms with Crippen LogP contribution >= 0.6 is 27.5 Å². The van der Waals surface area contributed by atoms with Crippen molar-refractivity contribution in [3.8, 4) is 0 Å². The van der Waals surface area contributed by atoms with Crippen LogP contribution in [-0.4, -0.2) is 55.2 Å². The van der Waals surface area contributed by atoms with Crippen LogP contribution in [0.25, 0.3) is 0 Å². The van der Waals surface area contributed by atoms with Crippen LogP contribution in [0, 0.1) is 0 Å². The second-order valence-electron chi connectivity index (χ2n) is 7.01. The van der Waals surface area contributed by atoms with Crippen LogP contribution < -0.4 is 0 Å². The molecule has 1 aromatic rings. The standard InChI is InChI=1S/C16H22BrClN2O4S/c1-16(2,3)24-15(21)20-6-5-19(25(4,22)23)10-14(20)11-7-12(17)9-13(18)8-11/h7-9,14H,5-6,10H2,1-4H3/t14-/m0/s1. The largest absolute Gasteiger partial charge is 0.444 e. The number of rotatable bonds is 2. The molecular formula is C16H22BrClN2O4S. The maximum atomic E-state index is 12.6. The van der Waals surface area contributed by atoms with E-state index < -0.39 is 27.8 Å². The van der Waals surface area contributed by atoms with Gasteiger partial charge in [0.05, 0.1) is 12.3 Å². The maximum absolute atomic E-state index is 12.6. The summed E-state index contributed by atoms with van der Waals surface area (Å²) in [6.07, 6.45) is 0.697. The predicted molar refractivity (Wildman–Crippen MR) is 101 cm³/mol. The molecule has 0 bridgehead atoms. The fraction of sp³-hybridized carbons (Fsp3) is 0.562. The molecule has 2 rings (SSSR count). The highest BCUT2D eigenvalue weighted by molar-refractivity contribution is 9.10. The molecule has 0 aliphatic carbocycles. The Morgan fingerprint density at radius 3 is 2.44 bits per heavy atom. The second kappa shape index (κ2) is 7.42. The molecule has 1 fully saturated rings. The van der Waals surface area contributed by atoms with Crippen LogP contribution in [0.15, 0.2) is 22.7 Å². The van der Waals surface area contributed by atoms with Crippen molar-refractivity contribution in [1.29, 1.82) is 0 Å². The van der Waals surface area contributed by atoms with Gasteiger partial charge in [-0.25, -0.2) is 13.2 Å². The third-order valence-electron chi connectivity index (χ3n) is 3.71. The molecule has 0 spiro atoms. The molecule has 6 nitrogen and oxygen atoms in total. The topological polar surface area (TPSA) is 66.9 Å². The van der Waals surface area contributed by atoms with E-state index in [0.29, 0.717) is 5.02 Å². The molecule has 1 amide bonds. The van der Waals surface area contributed by atoms with E-state index in [4.69, 9.17) is 16.3 Å². The van der Waals surface area contributed by atoms with Gasteiger partial charge in [0.2, 0.25) is 10.0 Å². The first-order chi connectivity index (χ1) is 11.4. The maximum Gasteiger partial charge on any atom is 0.410 e. The molecule has 0 aromatic heterocycles. The first-order valence-electron chi connectivity index (χ1n) is 7.77. The van der Waals surface area contributed by atoms with E-state index in [1.807, 2.05) is 6.07 Å². The lowest BCUT2D eigenvalue weighted by atomic mass is 10.0. The van der Waals surface area contributed by atoms with Crippen LogP contribution in [0.4, 0.5) is 4.79 Å². The zero-order valence-electron chi connectivity index (χ0n) is 14.6. The Morgan fingerprint density at radius 1 is 1.28 bits per heavy atom. The van der Waals surface area contributed by atoms with Gasteiger partial charge in [-0.1, -0.05) is 27.5 Å². The van der Waals surface area contributed by atoms with Crippen molar-refractivity contribution >= 4 is 43.6 Å². The Bertz CT molecular complexity index is 744. The zero-order valence-corrected chi connectivity index (χ0v) is 17.8. The number of amides is 1. The summed E-state index contributed by atoms with van der Waals surface area (Å²) < 4.78 is 31.5. The number of hydrogen-bond donors (Lipinski definition) is 0. The fourth-order valence-electron chi connectivity index (χ4n) is 2.65. The minimum atomic E-state index is -3.36. The average molecular weight is 454 g/mol. The van der Waals surface area contributed by atoms with Crippen molar-refractivity contribution in [2.24, 2.45) is 0 Å². The Labute approximate surface area is 162 Å². The highest BCUT2D eigenvalue weighted by Gasteiger charge is 2.37. The Hall–Kier alpha value is -0.830. The molecule has 1 aliphatic rings. The molecule has 1 aliphatic heterocycles. The number of benzene rings is 1. The third-order valence-corrected chi connectivity index (χ3v) is 5.66. The van der Waals surface area contributed by atoms with Crippen molar-refractivity contribution < 1.29 is 17.9 Å². The van der Waals surface area contributed by atoms with E-state index in [1.54, 1.807) is 37.8 Å². The minimum absolute atomic E-state index is 0.158. The summed E-state index contributed by atoms with van der Waals surface area (Å²) in [6.45, 7) is 6.02. The van der Waals surface area contributed by atoms with Gasteiger partial charge in [0.25, 0.3) is 0 Å². The third kappa shape index (κ3) is 5.57. The first kappa shape index (κ1) is 20.5. The lowest BCUT2D eigenvalue weighted by molar-refractivity contribution is 0.00580. The highest BCUT2D eigenvalue weighted by Crippen LogP contribution is 2.32. The molecule has 0 unspecified atom stereocenters. The van der Waals surface area contributed by atoms with E-state index in [0.717, 1.165) is 10.0 Å². The van der Waals surface area contributed by atoms with Gasteiger partial charge >= 0.3 is 6.09 Å². The van der Waals surface area contributed by atoms with Crippen LogP contribution in [0.5, 0.6) is 0 Å². The number of nitrogens with zero attached hydrogens (tertiary/aromatic N) is 2. The van der Waals surface area contributed by atoms with Gasteiger partial charge in [-0.3, -0.25) is 4.90 Å². The molecule has 1 saturated heterocycles. The normalized spacial score (nSPS) is 19.8. The number of carbonyl (C=O) groups is 1. The quantitative estimate of drug-likeness (QED) is 0.685. The minimum Gasteiger partial charge on any atom is -0.444 e. The first-order valence-corrected chi connectivity index (χ1v) is 10.8. The lowest BCUT2D eigenvalue weighted by Crippen LogP contribution is -2.53. The molecule has 0 N–H and O–H groups in total. The highest BCUT2D eigenvalue weighted by atomic mass is 79.9. The Balaban J connectivity index is 2.39. The van der Waals surface area contributed by atoms with Crippen LogP contribution in [-0.2, 0) is 14.8 Å². The molecule has 1 heterocycles. The summed E-state index contributed by atoms with van der Waals surface area (Å²) in [5, 5.41) is 0.505. The van der Waals surface area contributed by atoms with E-state index in [9.17, 15) is 13.2 Å². The summed E-state index contributed by atoms with van der Waals surface area (Å²) in [5.74, 6) is 0. The SMILES string of the molecule is CC(C)(C)OC(=O)N1CCN(S(C)(=O)=O)C[C@H]1c1cc(Cl)cc(Br)c1. The summed E-state index contributed by atoms with van der Waals surface area (Å²) in [7, 11) is -3.36. The Kier molecular flexibility index (Phi) is 6.08. The van der Waals surface area contributed by atoms with Crippen LogP contribution in [0.1, 0.15) is 32.4 Å². The van der Waals surface area contributed by atoms with Crippen LogP contribution in [0.2, 0.25) is 5.02 Å². The number of piperazine rings is 1. The van der Waals surface area contributed by atoms with Crippen LogP contribution in [0.3, 0.4) is 0 Å². The Morgan fingerprint density at radius 2 is 1.92 bits per heavy atom. The fourth-order valence-corrected chi connectivity index (χ4v) is 4.36. The predicted octanol–water partition coefficient (Wildman–Crippen LogP) is 3.66. The van der Waals surface area contributed by atoms with Gasteiger partial charge in [0.1, 0.15) is 5.60 Å². The van der Waals surface area contributed by atoms with Gasteiger partial charge in [-0.2, -0.15) is 4.31 Å². The summed E-state index contributed by atoms with van der Waals surface area (Å²) in [4.78, 5) is 14.2. The molecule has 9 heteroatoms. The number of ether oxygens (including phenoxy) is 1. The summed E-state index contributed by atoms with van der Waals surface area (Å²) >= 11 is 9.52. The van der Waals surface area contributed by atoms with Crippen molar-refractivity contribution in [2.45, 2.75) is 32.4 Å². The van der Waals surface area contributed by atoms with Crippen molar-refractivity contribution in [3.63, 3.8) is 0 Å². The second-order valence-corrected chi connectivity index (χ2v) is 10.3. The van der Waals surface area contributed by atoms with Crippen molar-refractivity contribution in [2.75, 3.05) is 25.9 Å². The van der Waals surface area contributed by atoms with E-state index in [-0.39, 0.29) is 19.6 Å². The number of carbonyl (C=O) groups excluding carboxylic acids is 1. The van der Waals surface area contributed by atoms with Gasteiger partial charge in [-0.05, 0) is 44.5 Å².